The summed E-state index contributed by atoms with van der Waals surface area (Å²) in [6, 6.07) is 27.9. The summed E-state index contributed by atoms with van der Waals surface area (Å²) in [7, 11) is 0. The van der Waals surface area contributed by atoms with Crippen molar-refractivity contribution >= 4 is 5.91 Å². The van der Waals surface area contributed by atoms with Gasteiger partial charge in [-0.15, -0.1) is 0 Å². The first-order valence-electron chi connectivity index (χ1n) is 10.9. The van der Waals surface area contributed by atoms with Gasteiger partial charge in [0.15, 0.2) is 5.76 Å². The Bertz CT molecular complexity index is 1190. The SMILES string of the molecule is O=C(N[C@@H]1CCN(Cc2ccccc2)C1)c1ccccc1-c1ncc(-c2ccccc2)o1. The van der Waals surface area contributed by atoms with Crippen LogP contribution in [0.1, 0.15) is 22.3 Å². The van der Waals surface area contributed by atoms with E-state index in [1.54, 1.807) is 6.20 Å². The number of oxazole rings is 1. The van der Waals surface area contributed by atoms with Crippen LogP contribution in [0, 0.1) is 0 Å². The molecule has 32 heavy (non-hydrogen) atoms. The Labute approximate surface area is 187 Å². The van der Waals surface area contributed by atoms with Crippen molar-refractivity contribution in [2.45, 2.75) is 19.0 Å². The van der Waals surface area contributed by atoms with Crippen molar-refractivity contribution in [2.75, 3.05) is 13.1 Å². The number of benzene rings is 3. The maximum Gasteiger partial charge on any atom is 0.252 e. The van der Waals surface area contributed by atoms with Gasteiger partial charge in [-0.05, 0) is 24.1 Å². The maximum absolute atomic E-state index is 13.1. The van der Waals surface area contributed by atoms with E-state index in [1.165, 1.54) is 5.56 Å². The van der Waals surface area contributed by atoms with Crippen LogP contribution in [0.2, 0.25) is 0 Å². The summed E-state index contributed by atoms with van der Waals surface area (Å²) in [6.45, 7) is 2.73. The number of amides is 1. The van der Waals surface area contributed by atoms with E-state index >= 15 is 0 Å². The van der Waals surface area contributed by atoms with Gasteiger partial charge in [-0.2, -0.15) is 0 Å². The molecule has 1 aliphatic heterocycles. The van der Waals surface area contributed by atoms with Gasteiger partial charge in [0, 0.05) is 36.8 Å². The van der Waals surface area contributed by atoms with E-state index in [-0.39, 0.29) is 11.9 Å². The van der Waals surface area contributed by atoms with Crippen molar-refractivity contribution in [3.8, 4) is 22.8 Å². The van der Waals surface area contributed by atoms with E-state index in [4.69, 9.17) is 4.42 Å². The molecule has 5 rings (SSSR count). The summed E-state index contributed by atoms with van der Waals surface area (Å²) in [5.41, 5.74) is 3.53. The fraction of sp³-hybridized carbons (Fsp3) is 0.185. The number of hydrogen-bond donors (Lipinski definition) is 1. The number of nitrogens with zero attached hydrogens (tertiary/aromatic N) is 2. The number of rotatable bonds is 6. The molecule has 1 N–H and O–H groups in total. The maximum atomic E-state index is 13.1. The van der Waals surface area contributed by atoms with Gasteiger partial charge >= 0.3 is 0 Å². The third kappa shape index (κ3) is 4.48. The zero-order valence-electron chi connectivity index (χ0n) is 17.8. The molecule has 0 unspecified atom stereocenters. The average Bonchev–Trinajstić information content (AvgIpc) is 3.50. The largest absolute Gasteiger partial charge is 0.436 e. The first kappa shape index (κ1) is 20.2. The van der Waals surface area contributed by atoms with E-state index in [0.29, 0.717) is 22.8 Å². The second kappa shape index (κ2) is 9.20. The Hall–Kier alpha value is -3.70. The number of hydrogen-bond acceptors (Lipinski definition) is 4. The number of likely N-dealkylation sites (tertiary alicyclic amines) is 1. The van der Waals surface area contributed by atoms with Gasteiger partial charge in [-0.1, -0.05) is 72.8 Å². The average molecular weight is 424 g/mol. The molecule has 1 fully saturated rings. The molecular formula is C27H25N3O2. The van der Waals surface area contributed by atoms with Crippen LogP contribution in [0.25, 0.3) is 22.8 Å². The van der Waals surface area contributed by atoms with Crippen LogP contribution in [0.3, 0.4) is 0 Å². The number of aromatic nitrogens is 1. The molecule has 1 saturated heterocycles. The fourth-order valence-electron chi connectivity index (χ4n) is 4.20. The molecular weight excluding hydrogens is 398 g/mol. The lowest BCUT2D eigenvalue weighted by molar-refractivity contribution is 0.0938. The lowest BCUT2D eigenvalue weighted by Gasteiger charge is -2.17. The summed E-state index contributed by atoms with van der Waals surface area (Å²) in [5.74, 6) is 1.04. The molecule has 160 valence electrons. The van der Waals surface area contributed by atoms with Crippen LogP contribution in [0.5, 0.6) is 0 Å². The van der Waals surface area contributed by atoms with E-state index in [9.17, 15) is 4.79 Å². The zero-order chi connectivity index (χ0) is 21.8. The minimum absolute atomic E-state index is 0.0911. The molecule has 0 radical (unpaired) electrons. The molecule has 0 aliphatic carbocycles. The third-order valence-electron chi connectivity index (χ3n) is 5.82. The Morgan fingerprint density at radius 1 is 0.969 bits per heavy atom. The highest BCUT2D eigenvalue weighted by molar-refractivity contribution is 6.00. The molecule has 0 spiro atoms. The monoisotopic (exact) mass is 423 g/mol. The number of carbonyl (C=O) groups excluding carboxylic acids is 1. The van der Waals surface area contributed by atoms with Crippen molar-refractivity contribution in [3.63, 3.8) is 0 Å². The molecule has 4 aromatic rings. The summed E-state index contributed by atoms with van der Waals surface area (Å²) in [4.78, 5) is 20.0. The Morgan fingerprint density at radius 2 is 1.69 bits per heavy atom. The second-order valence-corrected chi connectivity index (χ2v) is 8.12. The normalized spacial score (nSPS) is 16.2. The first-order chi connectivity index (χ1) is 15.8. The van der Waals surface area contributed by atoms with Gasteiger partial charge in [-0.3, -0.25) is 9.69 Å². The van der Waals surface area contributed by atoms with Crippen molar-refractivity contribution in [1.29, 1.82) is 0 Å². The Morgan fingerprint density at radius 3 is 2.50 bits per heavy atom. The number of carbonyl (C=O) groups is 1. The van der Waals surface area contributed by atoms with Gasteiger partial charge in [0.05, 0.1) is 11.8 Å². The van der Waals surface area contributed by atoms with E-state index in [1.807, 2.05) is 60.7 Å². The highest BCUT2D eigenvalue weighted by atomic mass is 16.4. The van der Waals surface area contributed by atoms with Gasteiger partial charge in [0.1, 0.15) is 0 Å². The molecule has 1 aromatic heterocycles. The number of nitrogens with one attached hydrogen (secondary N) is 1. The van der Waals surface area contributed by atoms with Gasteiger partial charge in [0.25, 0.3) is 5.91 Å². The van der Waals surface area contributed by atoms with E-state index in [2.05, 4.69) is 39.5 Å². The van der Waals surface area contributed by atoms with Crippen molar-refractivity contribution in [1.82, 2.24) is 15.2 Å². The van der Waals surface area contributed by atoms with Crippen LogP contribution >= 0.6 is 0 Å². The molecule has 1 aliphatic rings. The van der Waals surface area contributed by atoms with Crippen LogP contribution < -0.4 is 5.32 Å². The highest BCUT2D eigenvalue weighted by Crippen LogP contribution is 2.28. The minimum atomic E-state index is -0.0911. The van der Waals surface area contributed by atoms with E-state index in [0.717, 1.165) is 31.6 Å². The first-order valence-corrected chi connectivity index (χ1v) is 10.9. The summed E-state index contributed by atoms with van der Waals surface area (Å²) in [6.07, 6.45) is 2.65. The van der Waals surface area contributed by atoms with Crippen LogP contribution in [-0.4, -0.2) is 34.9 Å². The minimum Gasteiger partial charge on any atom is -0.436 e. The topological polar surface area (TPSA) is 58.4 Å². The zero-order valence-corrected chi connectivity index (χ0v) is 17.8. The van der Waals surface area contributed by atoms with Crippen molar-refractivity contribution in [2.24, 2.45) is 0 Å². The quantitative estimate of drug-likeness (QED) is 0.473. The predicted octanol–water partition coefficient (Wildman–Crippen LogP) is 5.01. The predicted molar refractivity (Wildman–Crippen MR) is 125 cm³/mol. The van der Waals surface area contributed by atoms with Crippen molar-refractivity contribution < 1.29 is 9.21 Å². The Kier molecular flexibility index (Phi) is 5.81. The standard InChI is InChI=1S/C27H25N3O2/c31-26(29-22-15-16-30(19-22)18-20-9-3-1-4-10-20)23-13-7-8-14-24(23)27-28-17-25(32-27)21-11-5-2-6-12-21/h1-14,17,22H,15-16,18-19H2,(H,29,31)/t22-/m1/s1. The van der Waals surface area contributed by atoms with Crippen LogP contribution in [0.4, 0.5) is 0 Å². The van der Waals surface area contributed by atoms with Gasteiger partial charge < -0.3 is 9.73 Å². The molecule has 1 atom stereocenters. The lowest BCUT2D eigenvalue weighted by atomic mass is 10.1. The van der Waals surface area contributed by atoms with Gasteiger partial charge in [0.2, 0.25) is 5.89 Å². The molecule has 1 amide bonds. The summed E-state index contributed by atoms with van der Waals surface area (Å²) >= 11 is 0. The Balaban J connectivity index is 1.28. The molecule has 2 heterocycles. The lowest BCUT2D eigenvalue weighted by Crippen LogP contribution is -2.37. The van der Waals surface area contributed by atoms with Crippen molar-refractivity contribution in [3.05, 3.63) is 102 Å². The third-order valence-corrected chi connectivity index (χ3v) is 5.82. The molecule has 3 aromatic carbocycles. The fourth-order valence-corrected chi connectivity index (χ4v) is 4.20. The molecule has 0 saturated carbocycles. The van der Waals surface area contributed by atoms with Crippen LogP contribution in [0.15, 0.2) is 95.5 Å². The second-order valence-electron chi connectivity index (χ2n) is 8.12. The molecule has 5 nitrogen and oxygen atoms in total. The van der Waals surface area contributed by atoms with Crippen LogP contribution in [-0.2, 0) is 6.54 Å². The highest BCUT2D eigenvalue weighted by Gasteiger charge is 2.25. The van der Waals surface area contributed by atoms with E-state index < -0.39 is 0 Å². The molecule has 5 heteroatoms. The summed E-state index contributed by atoms with van der Waals surface area (Å²) in [5, 5.41) is 3.21. The van der Waals surface area contributed by atoms with Gasteiger partial charge in [-0.25, -0.2) is 4.98 Å². The smallest absolute Gasteiger partial charge is 0.252 e. The molecule has 0 bridgehead atoms. The summed E-state index contributed by atoms with van der Waals surface area (Å²) < 4.78 is 6.00.